The Bertz CT molecular complexity index is 438. The van der Waals surface area contributed by atoms with E-state index < -0.39 is 0 Å². The van der Waals surface area contributed by atoms with E-state index in [1.54, 1.807) is 0 Å². The van der Waals surface area contributed by atoms with E-state index >= 15 is 0 Å². The van der Waals surface area contributed by atoms with Crippen molar-refractivity contribution in [3.8, 4) is 0 Å². The molecule has 1 heteroatoms. The van der Waals surface area contributed by atoms with Crippen LogP contribution in [0, 0.1) is 5.92 Å². The topological polar surface area (TPSA) is 9.23 Å². The van der Waals surface area contributed by atoms with Crippen molar-refractivity contribution in [3.63, 3.8) is 0 Å². The molecule has 0 spiro atoms. The molecule has 0 amide bonds. The molecule has 0 unspecified atom stereocenters. The fourth-order valence-electron chi connectivity index (χ4n) is 3.59. The molecular formula is C22H34O. The fraction of sp³-hybridized carbons (Fsp3) is 0.636. The van der Waals surface area contributed by atoms with Crippen LogP contribution in [-0.4, -0.2) is 6.61 Å². The van der Waals surface area contributed by atoms with Crippen molar-refractivity contribution >= 4 is 0 Å². The first-order valence-corrected chi connectivity index (χ1v) is 9.61. The standard InChI is InChI=1S/C22H34O/c1-3-5-7-17-23-18-20-11-15-22(16-12-20)21-13-9-19(10-14-21)8-6-4-2/h4,6,11-12,15-16,19,21H,3,5,7-10,13-14,17-18H2,1-2H3. The van der Waals surface area contributed by atoms with E-state index in [1.807, 2.05) is 0 Å². The zero-order chi connectivity index (χ0) is 16.3. The van der Waals surface area contributed by atoms with Crippen molar-refractivity contribution in [1.29, 1.82) is 0 Å². The fourth-order valence-corrected chi connectivity index (χ4v) is 3.59. The molecule has 0 aromatic heterocycles. The highest BCUT2D eigenvalue weighted by Crippen LogP contribution is 2.37. The minimum Gasteiger partial charge on any atom is -0.377 e. The smallest absolute Gasteiger partial charge is 0.0716 e. The van der Waals surface area contributed by atoms with Gasteiger partial charge in [-0.1, -0.05) is 56.2 Å². The molecule has 0 bridgehead atoms. The maximum Gasteiger partial charge on any atom is 0.0716 e. The molecule has 0 aliphatic heterocycles. The number of rotatable bonds is 9. The van der Waals surface area contributed by atoms with E-state index in [2.05, 4.69) is 50.3 Å². The predicted octanol–water partition coefficient (Wildman–Crippen LogP) is 6.63. The predicted molar refractivity (Wildman–Crippen MR) is 99.8 cm³/mol. The summed E-state index contributed by atoms with van der Waals surface area (Å²) in [5, 5.41) is 0. The molecule has 0 radical (unpaired) electrons. The van der Waals surface area contributed by atoms with Crippen molar-refractivity contribution in [2.45, 2.75) is 77.7 Å². The number of allylic oxidation sites excluding steroid dienone is 2. The van der Waals surface area contributed by atoms with Gasteiger partial charge in [-0.2, -0.15) is 0 Å². The lowest BCUT2D eigenvalue weighted by molar-refractivity contribution is 0.117. The van der Waals surface area contributed by atoms with Gasteiger partial charge in [-0.25, -0.2) is 0 Å². The molecule has 2 rings (SSSR count). The van der Waals surface area contributed by atoms with Gasteiger partial charge in [0.1, 0.15) is 0 Å². The van der Waals surface area contributed by atoms with E-state index in [1.165, 1.54) is 62.5 Å². The molecule has 1 aromatic carbocycles. The number of unbranched alkanes of at least 4 members (excludes halogenated alkanes) is 2. The molecule has 1 aliphatic carbocycles. The highest BCUT2D eigenvalue weighted by Gasteiger charge is 2.21. The normalized spacial score (nSPS) is 21.8. The van der Waals surface area contributed by atoms with E-state index in [-0.39, 0.29) is 0 Å². The third-order valence-corrected chi connectivity index (χ3v) is 5.16. The van der Waals surface area contributed by atoms with Gasteiger partial charge in [0.2, 0.25) is 0 Å². The van der Waals surface area contributed by atoms with Gasteiger partial charge in [0.25, 0.3) is 0 Å². The van der Waals surface area contributed by atoms with Crippen LogP contribution in [-0.2, 0) is 11.3 Å². The van der Waals surface area contributed by atoms with E-state index in [0.717, 1.165) is 25.0 Å². The number of benzene rings is 1. The summed E-state index contributed by atoms with van der Waals surface area (Å²) in [6.45, 7) is 6.01. The summed E-state index contributed by atoms with van der Waals surface area (Å²) in [6.07, 6.45) is 15.0. The highest BCUT2D eigenvalue weighted by atomic mass is 16.5. The maximum atomic E-state index is 5.75. The quantitative estimate of drug-likeness (QED) is 0.367. The summed E-state index contributed by atoms with van der Waals surface area (Å²) in [5.74, 6) is 1.69. The molecule has 128 valence electrons. The Labute approximate surface area is 143 Å². The highest BCUT2D eigenvalue weighted by molar-refractivity contribution is 5.25. The minimum atomic E-state index is 0.764. The summed E-state index contributed by atoms with van der Waals surface area (Å²) in [6, 6.07) is 9.20. The molecule has 0 N–H and O–H groups in total. The van der Waals surface area contributed by atoms with Crippen LogP contribution in [0.3, 0.4) is 0 Å². The Kier molecular flexibility index (Phi) is 8.46. The van der Waals surface area contributed by atoms with Gasteiger partial charge in [-0.05, 0) is 68.4 Å². The SMILES string of the molecule is CC=CCC1CCC(c2ccc(COCCCCC)cc2)CC1. The van der Waals surface area contributed by atoms with Gasteiger partial charge < -0.3 is 4.74 Å². The second kappa shape index (κ2) is 10.6. The van der Waals surface area contributed by atoms with Crippen LogP contribution in [0.5, 0.6) is 0 Å². The lowest BCUT2D eigenvalue weighted by Gasteiger charge is -2.28. The molecule has 0 atom stereocenters. The van der Waals surface area contributed by atoms with Gasteiger partial charge in [0.15, 0.2) is 0 Å². The number of ether oxygens (including phenoxy) is 1. The first-order chi connectivity index (χ1) is 11.3. The van der Waals surface area contributed by atoms with Crippen LogP contribution in [0.15, 0.2) is 36.4 Å². The third-order valence-electron chi connectivity index (χ3n) is 5.16. The lowest BCUT2D eigenvalue weighted by Crippen LogP contribution is -2.12. The lowest BCUT2D eigenvalue weighted by atomic mass is 9.77. The second-order valence-corrected chi connectivity index (χ2v) is 7.02. The first kappa shape index (κ1) is 18.3. The van der Waals surface area contributed by atoms with E-state index in [9.17, 15) is 0 Å². The molecule has 1 nitrogen and oxygen atoms in total. The Morgan fingerprint density at radius 1 is 1.04 bits per heavy atom. The van der Waals surface area contributed by atoms with Gasteiger partial charge >= 0.3 is 0 Å². The molecule has 1 aliphatic rings. The Balaban J connectivity index is 1.72. The zero-order valence-electron chi connectivity index (χ0n) is 15.1. The minimum absolute atomic E-state index is 0.764. The number of hydrogen-bond donors (Lipinski definition) is 0. The Morgan fingerprint density at radius 2 is 1.78 bits per heavy atom. The first-order valence-electron chi connectivity index (χ1n) is 9.61. The molecule has 0 heterocycles. The largest absolute Gasteiger partial charge is 0.377 e. The van der Waals surface area contributed by atoms with Crippen molar-refractivity contribution in [3.05, 3.63) is 47.5 Å². The van der Waals surface area contributed by atoms with Gasteiger partial charge in [-0.15, -0.1) is 0 Å². The maximum absolute atomic E-state index is 5.75. The van der Waals surface area contributed by atoms with Crippen LogP contribution in [0.4, 0.5) is 0 Å². The molecule has 0 saturated heterocycles. The van der Waals surface area contributed by atoms with Gasteiger partial charge in [0, 0.05) is 6.61 Å². The van der Waals surface area contributed by atoms with Crippen LogP contribution >= 0.6 is 0 Å². The van der Waals surface area contributed by atoms with Crippen LogP contribution < -0.4 is 0 Å². The zero-order valence-corrected chi connectivity index (χ0v) is 15.1. The van der Waals surface area contributed by atoms with Crippen molar-refractivity contribution in [1.82, 2.24) is 0 Å². The molecular weight excluding hydrogens is 280 g/mol. The van der Waals surface area contributed by atoms with Crippen LogP contribution in [0.2, 0.25) is 0 Å². The van der Waals surface area contributed by atoms with Crippen LogP contribution in [0.25, 0.3) is 0 Å². The van der Waals surface area contributed by atoms with Crippen molar-refractivity contribution in [2.24, 2.45) is 5.92 Å². The van der Waals surface area contributed by atoms with Crippen molar-refractivity contribution < 1.29 is 4.74 Å². The monoisotopic (exact) mass is 314 g/mol. The third kappa shape index (κ3) is 6.51. The number of hydrogen-bond acceptors (Lipinski definition) is 1. The van der Waals surface area contributed by atoms with Gasteiger partial charge in [-0.3, -0.25) is 0 Å². The summed E-state index contributed by atoms with van der Waals surface area (Å²) < 4.78 is 5.75. The summed E-state index contributed by atoms with van der Waals surface area (Å²) in [7, 11) is 0. The van der Waals surface area contributed by atoms with E-state index in [0.29, 0.717) is 0 Å². The summed E-state index contributed by atoms with van der Waals surface area (Å²) in [5.41, 5.74) is 2.84. The van der Waals surface area contributed by atoms with Crippen LogP contribution in [0.1, 0.15) is 82.3 Å². The molecule has 23 heavy (non-hydrogen) atoms. The molecule has 1 saturated carbocycles. The summed E-state index contributed by atoms with van der Waals surface area (Å²) in [4.78, 5) is 0. The van der Waals surface area contributed by atoms with E-state index in [4.69, 9.17) is 4.74 Å². The molecule has 1 aromatic rings. The second-order valence-electron chi connectivity index (χ2n) is 7.02. The Hall–Kier alpha value is -1.08. The average molecular weight is 315 g/mol. The average Bonchev–Trinajstić information content (AvgIpc) is 2.61. The molecule has 1 fully saturated rings. The van der Waals surface area contributed by atoms with Gasteiger partial charge in [0.05, 0.1) is 6.61 Å². The Morgan fingerprint density at radius 3 is 2.43 bits per heavy atom. The van der Waals surface area contributed by atoms with Crippen molar-refractivity contribution in [2.75, 3.05) is 6.61 Å². The summed E-state index contributed by atoms with van der Waals surface area (Å²) >= 11 is 0.